The van der Waals surface area contributed by atoms with Crippen molar-refractivity contribution < 1.29 is 9.59 Å². The molecule has 25 heavy (non-hydrogen) atoms. The van der Waals surface area contributed by atoms with Gasteiger partial charge >= 0.3 is 0 Å². The Bertz CT molecular complexity index is 753. The minimum absolute atomic E-state index is 0.0557. The van der Waals surface area contributed by atoms with Crippen molar-refractivity contribution in [3.63, 3.8) is 0 Å². The van der Waals surface area contributed by atoms with Gasteiger partial charge in [0.1, 0.15) is 0 Å². The zero-order valence-electron chi connectivity index (χ0n) is 15.2. The Kier molecular flexibility index (Phi) is 6.75. The first-order chi connectivity index (χ1) is 12.0. The fourth-order valence-corrected chi connectivity index (χ4v) is 2.56. The second kappa shape index (κ2) is 9.02. The number of hydrogen-bond donors (Lipinski definition) is 2. The number of nitrogens with one attached hydrogen (secondary N) is 2. The largest absolute Gasteiger partial charge is 0.325 e. The summed E-state index contributed by atoms with van der Waals surface area (Å²) >= 11 is 0. The molecule has 2 rings (SSSR count). The van der Waals surface area contributed by atoms with E-state index in [4.69, 9.17) is 0 Å². The van der Waals surface area contributed by atoms with Gasteiger partial charge in [0, 0.05) is 12.1 Å². The van der Waals surface area contributed by atoms with Crippen LogP contribution in [-0.4, -0.2) is 11.8 Å². The summed E-state index contributed by atoms with van der Waals surface area (Å²) in [6, 6.07) is 12.9. The van der Waals surface area contributed by atoms with Crippen molar-refractivity contribution in [1.29, 1.82) is 0 Å². The van der Waals surface area contributed by atoms with Crippen molar-refractivity contribution in [2.75, 3.05) is 10.6 Å². The number of hydrogen-bond acceptors (Lipinski definition) is 2. The van der Waals surface area contributed by atoms with Crippen LogP contribution in [0.4, 0.5) is 11.4 Å². The number of para-hydroxylation sites is 1. The molecular weight excluding hydrogens is 312 g/mol. The number of amides is 2. The Balaban J connectivity index is 2.09. The van der Waals surface area contributed by atoms with Crippen LogP contribution in [0.2, 0.25) is 0 Å². The van der Waals surface area contributed by atoms with Crippen molar-refractivity contribution in [1.82, 2.24) is 0 Å². The summed E-state index contributed by atoms with van der Waals surface area (Å²) in [5.41, 5.74) is 4.06. The molecule has 0 aliphatic heterocycles. The number of carbonyl (C=O) groups is 2. The molecule has 132 valence electrons. The average Bonchev–Trinajstić information content (AvgIpc) is 2.59. The lowest BCUT2D eigenvalue weighted by Gasteiger charge is -2.12. The first kappa shape index (κ1) is 18.7. The zero-order chi connectivity index (χ0) is 18.2. The molecule has 0 heterocycles. The maximum absolute atomic E-state index is 12.6. The minimum atomic E-state index is -0.229. The van der Waals surface area contributed by atoms with Crippen molar-refractivity contribution >= 4 is 23.2 Å². The van der Waals surface area contributed by atoms with Crippen molar-refractivity contribution in [3.05, 3.63) is 59.2 Å². The summed E-state index contributed by atoms with van der Waals surface area (Å²) in [7, 11) is 0. The molecule has 0 atom stereocenters. The molecule has 0 aliphatic carbocycles. The second-order valence-corrected chi connectivity index (χ2v) is 6.30. The van der Waals surface area contributed by atoms with Gasteiger partial charge in [-0.25, -0.2) is 0 Å². The van der Waals surface area contributed by atoms with E-state index in [0.717, 1.165) is 30.5 Å². The highest BCUT2D eigenvalue weighted by molar-refractivity contribution is 6.10. The number of rotatable bonds is 7. The van der Waals surface area contributed by atoms with Gasteiger partial charge in [-0.15, -0.1) is 0 Å². The molecule has 4 heteroatoms. The molecule has 2 amide bonds. The topological polar surface area (TPSA) is 58.2 Å². The van der Waals surface area contributed by atoms with Gasteiger partial charge in [-0.1, -0.05) is 38.0 Å². The third-order valence-corrected chi connectivity index (χ3v) is 4.22. The fraction of sp³-hybridized carbons (Fsp3) is 0.333. The molecule has 2 aromatic rings. The standard InChI is InChI=1S/C21H26N2O2/c1-4-5-6-11-20(24)23-19-10-8-7-9-18(19)21(25)22-17-13-12-15(2)16(3)14-17/h7-10,12-14H,4-6,11H2,1-3H3,(H,22,25)(H,23,24). The monoisotopic (exact) mass is 338 g/mol. The quantitative estimate of drug-likeness (QED) is 0.692. The SMILES string of the molecule is CCCCCC(=O)Nc1ccccc1C(=O)Nc1ccc(C)c(C)c1. The number of unbranched alkanes of at least 4 members (excludes halogenated alkanes) is 2. The zero-order valence-corrected chi connectivity index (χ0v) is 15.2. The van der Waals surface area contributed by atoms with E-state index in [0.29, 0.717) is 17.7 Å². The van der Waals surface area contributed by atoms with E-state index in [9.17, 15) is 9.59 Å². The lowest BCUT2D eigenvalue weighted by Crippen LogP contribution is -2.18. The third kappa shape index (κ3) is 5.45. The van der Waals surface area contributed by atoms with Gasteiger partial charge in [-0.2, -0.15) is 0 Å². The predicted octanol–water partition coefficient (Wildman–Crippen LogP) is 5.07. The van der Waals surface area contributed by atoms with Crippen LogP contribution in [0.3, 0.4) is 0 Å². The smallest absolute Gasteiger partial charge is 0.257 e. The van der Waals surface area contributed by atoms with E-state index in [-0.39, 0.29) is 11.8 Å². The van der Waals surface area contributed by atoms with Gasteiger partial charge < -0.3 is 10.6 Å². The Labute approximate surface area is 149 Å². The molecule has 0 spiro atoms. The summed E-state index contributed by atoms with van der Waals surface area (Å²) in [4.78, 5) is 24.7. The third-order valence-electron chi connectivity index (χ3n) is 4.22. The molecule has 0 aromatic heterocycles. The lowest BCUT2D eigenvalue weighted by molar-refractivity contribution is -0.116. The van der Waals surface area contributed by atoms with E-state index in [1.165, 1.54) is 5.56 Å². The van der Waals surface area contributed by atoms with Crippen LogP contribution in [0.15, 0.2) is 42.5 Å². The number of benzene rings is 2. The van der Waals surface area contributed by atoms with Gasteiger partial charge in [0.2, 0.25) is 5.91 Å². The molecule has 4 nitrogen and oxygen atoms in total. The maximum Gasteiger partial charge on any atom is 0.257 e. The Morgan fingerprint density at radius 2 is 1.68 bits per heavy atom. The molecule has 0 saturated carbocycles. The van der Waals surface area contributed by atoms with Crippen LogP contribution in [0.25, 0.3) is 0 Å². The molecule has 0 radical (unpaired) electrons. The maximum atomic E-state index is 12.6. The van der Waals surface area contributed by atoms with E-state index < -0.39 is 0 Å². The van der Waals surface area contributed by atoms with Crippen molar-refractivity contribution in [2.24, 2.45) is 0 Å². The first-order valence-corrected chi connectivity index (χ1v) is 8.78. The van der Waals surface area contributed by atoms with Crippen LogP contribution in [0, 0.1) is 13.8 Å². The minimum Gasteiger partial charge on any atom is -0.325 e. The lowest BCUT2D eigenvalue weighted by atomic mass is 10.1. The molecule has 0 aliphatic rings. The van der Waals surface area contributed by atoms with Crippen molar-refractivity contribution in [2.45, 2.75) is 46.5 Å². The Morgan fingerprint density at radius 1 is 0.920 bits per heavy atom. The molecule has 0 unspecified atom stereocenters. The van der Waals surface area contributed by atoms with Gasteiger partial charge in [-0.05, 0) is 55.7 Å². The molecule has 2 N–H and O–H groups in total. The molecular formula is C21H26N2O2. The molecule has 0 saturated heterocycles. The Hall–Kier alpha value is -2.62. The highest BCUT2D eigenvalue weighted by Crippen LogP contribution is 2.19. The van der Waals surface area contributed by atoms with Crippen LogP contribution in [-0.2, 0) is 4.79 Å². The normalized spacial score (nSPS) is 10.4. The summed E-state index contributed by atoms with van der Waals surface area (Å²) in [5, 5.41) is 5.76. The average molecular weight is 338 g/mol. The van der Waals surface area contributed by atoms with Crippen LogP contribution in [0.1, 0.15) is 54.1 Å². The van der Waals surface area contributed by atoms with Gasteiger partial charge in [0.15, 0.2) is 0 Å². The van der Waals surface area contributed by atoms with E-state index >= 15 is 0 Å². The van der Waals surface area contributed by atoms with Crippen LogP contribution in [0.5, 0.6) is 0 Å². The first-order valence-electron chi connectivity index (χ1n) is 8.78. The molecule has 2 aromatic carbocycles. The number of carbonyl (C=O) groups excluding carboxylic acids is 2. The predicted molar refractivity (Wildman–Crippen MR) is 103 cm³/mol. The molecule has 0 fully saturated rings. The highest BCUT2D eigenvalue weighted by Gasteiger charge is 2.13. The van der Waals surface area contributed by atoms with Gasteiger partial charge in [0.25, 0.3) is 5.91 Å². The van der Waals surface area contributed by atoms with Crippen molar-refractivity contribution in [3.8, 4) is 0 Å². The van der Waals surface area contributed by atoms with E-state index in [1.807, 2.05) is 38.1 Å². The van der Waals surface area contributed by atoms with E-state index in [2.05, 4.69) is 17.6 Å². The summed E-state index contributed by atoms with van der Waals surface area (Å²) in [5.74, 6) is -0.285. The Morgan fingerprint density at radius 3 is 2.40 bits per heavy atom. The highest BCUT2D eigenvalue weighted by atomic mass is 16.2. The molecule has 0 bridgehead atoms. The van der Waals surface area contributed by atoms with Gasteiger partial charge in [0.05, 0.1) is 11.3 Å². The van der Waals surface area contributed by atoms with Crippen LogP contribution >= 0.6 is 0 Å². The second-order valence-electron chi connectivity index (χ2n) is 6.30. The van der Waals surface area contributed by atoms with E-state index in [1.54, 1.807) is 18.2 Å². The fourth-order valence-electron chi connectivity index (χ4n) is 2.56. The van der Waals surface area contributed by atoms with Crippen LogP contribution < -0.4 is 10.6 Å². The summed E-state index contributed by atoms with van der Waals surface area (Å²) < 4.78 is 0. The summed E-state index contributed by atoms with van der Waals surface area (Å²) in [6.45, 7) is 6.14. The number of anilines is 2. The summed E-state index contributed by atoms with van der Waals surface area (Å²) in [6.07, 6.45) is 3.44. The number of aryl methyl sites for hydroxylation is 2. The van der Waals surface area contributed by atoms with Gasteiger partial charge in [-0.3, -0.25) is 9.59 Å².